The number of rotatable bonds is 18. The Hall–Kier alpha value is -4.81. The van der Waals surface area contributed by atoms with Crippen LogP contribution in [-0.4, -0.2) is 144 Å². The summed E-state index contributed by atoms with van der Waals surface area (Å²) in [5, 5.41) is 59.3. The van der Waals surface area contributed by atoms with Crippen LogP contribution in [-0.2, 0) is 34.0 Å². The fraction of sp³-hybridized carbons (Fsp3) is 0.762. The minimum absolute atomic E-state index is 0. The van der Waals surface area contributed by atoms with Crippen molar-refractivity contribution in [3.05, 3.63) is 125 Å². The average Bonchev–Trinajstić information content (AvgIpc) is 1.64. The van der Waals surface area contributed by atoms with Crippen molar-refractivity contribution in [2.24, 2.45) is 121 Å². The van der Waals surface area contributed by atoms with Crippen molar-refractivity contribution < 1.29 is 139 Å². The minimum atomic E-state index is -5.02. The fourth-order valence-electron chi connectivity index (χ4n) is 28.7. The molecule has 28 atom stereocenters. The summed E-state index contributed by atoms with van der Waals surface area (Å²) in [4.78, 5) is 0.0394. The summed E-state index contributed by atoms with van der Waals surface area (Å²) >= 11 is 0. The molecule has 34 heteroatoms. The van der Waals surface area contributed by atoms with E-state index in [2.05, 4.69) is 45.7 Å². The molecule has 0 spiro atoms. The van der Waals surface area contributed by atoms with E-state index in [-0.39, 0.29) is 142 Å². The Labute approximate surface area is 785 Å². The van der Waals surface area contributed by atoms with Gasteiger partial charge in [0.1, 0.15) is 6.61 Å². The van der Waals surface area contributed by atoms with E-state index in [0.717, 1.165) is 94.3 Å². The van der Waals surface area contributed by atoms with Crippen molar-refractivity contribution in [2.45, 2.75) is 361 Å². The van der Waals surface area contributed by atoms with Gasteiger partial charge in [-0.25, -0.2) is 16.8 Å². The molecule has 12 aliphatic rings. The van der Waals surface area contributed by atoms with Gasteiger partial charge in [0, 0.05) is 25.7 Å². The van der Waals surface area contributed by atoms with Crippen LogP contribution >= 0.6 is 0 Å². The first kappa shape index (κ1) is 111. The number of benzene rings is 3. The van der Waals surface area contributed by atoms with Crippen LogP contribution in [0.3, 0.4) is 0 Å². The number of halogens is 18. The highest BCUT2D eigenvalue weighted by Crippen LogP contribution is 2.73. The fourth-order valence-corrected chi connectivity index (χ4v) is 33.6. The second-order valence-electron chi connectivity index (χ2n) is 45.0. The number of hydrogen-bond donors (Lipinski definition) is 6. The van der Waals surface area contributed by atoms with Crippen LogP contribution in [0.4, 0.5) is 79.0 Å². The maximum atomic E-state index is 14.0. The zero-order chi connectivity index (χ0) is 100. The van der Waals surface area contributed by atoms with Gasteiger partial charge in [0.05, 0.1) is 25.7 Å². The number of sulfone groups is 2. The molecule has 3 aromatic rings. The number of fused-ring (bicyclic) bond motifs is 15. The average molecular weight is 2000 g/mol. The smallest absolute Gasteiger partial charge is 0.381 e. The summed E-state index contributed by atoms with van der Waals surface area (Å²) in [5.41, 5.74) is -15.5. The van der Waals surface area contributed by atoms with Crippen LogP contribution in [0.25, 0.3) is 0 Å². The molecule has 1 unspecified atom stereocenters. The molecule has 0 heterocycles. The monoisotopic (exact) mass is 2000 g/mol. The predicted octanol–water partition coefficient (Wildman–Crippen LogP) is 25.2. The van der Waals surface area contributed by atoms with Crippen LogP contribution in [0.1, 0.15) is 269 Å². The van der Waals surface area contributed by atoms with E-state index in [0.29, 0.717) is 105 Å². The highest BCUT2D eigenvalue weighted by Gasteiger charge is 2.70. The van der Waals surface area contributed by atoms with Gasteiger partial charge in [-0.3, -0.25) is 4.18 Å². The topological polar surface area (TPSA) is 233 Å². The van der Waals surface area contributed by atoms with Crippen molar-refractivity contribution >= 4 is 29.8 Å². The third-order valence-electron chi connectivity index (χ3n) is 37.3. The molecule has 12 aliphatic carbocycles. The van der Waals surface area contributed by atoms with Gasteiger partial charge >= 0.3 is 37.1 Å². The predicted molar refractivity (Wildman–Crippen MR) is 477 cm³/mol. The molecular formula is C101H140F18O13S3. The molecule has 0 aliphatic heterocycles. The molecule has 9 fully saturated rings. The van der Waals surface area contributed by atoms with Crippen LogP contribution < -0.4 is 0 Å². The van der Waals surface area contributed by atoms with Crippen LogP contribution in [0.15, 0.2) is 135 Å². The number of hydrogen-bond acceptors (Lipinski definition) is 13. The Morgan fingerprint density at radius 1 is 0.400 bits per heavy atom. The molecule has 0 aromatic heterocycles. The van der Waals surface area contributed by atoms with Gasteiger partial charge in [0.25, 0.3) is 10.1 Å². The molecule has 13 nitrogen and oxygen atoms in total. The van der Waals surface area contributed by atoms with Crippen LogP contribution in [0, 0.1) is 128 Å². The molecule has 766 valence electrons. The summed E-state index contributed by atoms with van der Waals surface area (Å²) in [6, 6.07) is 21.5. The summed E-state index contributed by atoms with van der Waals surface area (Å²) in [6.07, 6.45) is -12.0. The zero-order valence-corrected chi connectivity index (χ0v) is 81.1. The molecule has 0 bridgehead atoms. The molecule has 6 N–H and O–H groups in total. The lowest BCUT2D eigenvalue weighted by Crippen LogP contribution is -2.56. The van der Waals surface area contributed by atoms with Crippen molar-refractivity contribution in [3.8, 4) is 0 Å². The van der Waals surface area contributed by atoms with E-state index >= 15 is 0 Å². The molecule has 9 saturated carbocycles. The first-order valence-electron chi connectivity index (χ1n) is 47.5. The van der Waals surface area contributed by atoms with Gasteiger partial charge in [0.2, 0.25) is 0 Å². The van der Waals surface area contributed by atoms with Crippen molar-refractivity contribution in [1.82, 2.24) is 0 Å². The Morgan fingerprint density at radius 3 is 1.08 bits per heavy atom. The second kappa shape index (κ2) is 37.7. The minimum Gasteiger partial charge on any atom is -0.381 e. The van der Waals surface area contributed by atoms with Crippen LogP contribution in [0.2, 0.25) is 0 Å². The van der Waals surface area contributed by atoms with Crippen molar-refractivity contribution in [2.75, 3.05) is 12.4 Å². The van der Waals surface area contributed by atoms with Gasteiger partial charge in [-0.05, 0) is 333 Å². The number of alkyl halides is 18. The van der Waals surface area contributed by atoms with Gasteiger partial charge in [0.15, 0.2) is 53.3 Å². The Kier molecular flexibility index (Phi) is 30.9. The van der Waals surface area contributed by atoms with Gasteiger partial charge < -0.3 is 30.6 Å². The maximum absolute atomic E-state index is 14.0. The summed E-state index contributed by atoms with van der Waals surface area (Å²) < 4.78 is 322. The molecule has 0 radical (unpaired) electrons. The molecule has 15 rings (SSSR count). The SMILES string of the molecule is C.C[C@H](C(C[C@](C)(O)C(F)(F)F)S(=O)(=O)c1ccccc1)[C@H]1CC[C@H]2[C@@H]3CC=C4C[C@](O)(C(F)(F)F)CC[C@]4(C)[C@H]3CC[C@]12C.C[C@H](CC[C@](C)(O)C(F)(F)F)[C@H]1CC[C@H]2[C@@H]3CC=C4C[C@](O)(C(F)(F)F)CC[C@]4(C)[C@H]3CC[C@]12C.C[C@H](CS(=O)(=O)c1ccccc1)[C@H]1CC[C@H]2[C@@H]3CC=C4C[C@](O)(C(F)(F)F)CC[C@]4(C)[C@H]3CC[C@]12C.Cc1ccc(S(=O)(=O)OC[C@](C)(O)C(F)(F)F)cc1. The summed E-state index contributed by atoms with van der Waals surface area (Å²) in [6.45, 7) is 21.0. The standard InChI is InChI=1S/C33H44F6O4S.C29H39F3O3S.C27H40F6O2.C11H13F3O4S.CH4/c1-20(27(19-30(4,40)32(34,35)36)44(42,43)22-8-6-5-7-9-22)24-12-13-25-23-11-10-21-18-31(41,33(37,38)39)17-16-28(21,2)26(23)14-15-29(24,25)3;1-19(18-36(34,35)21-7-5-4-6-8-21)23-11-12-24-22-10-9-20-17-28(33,29(30,31)32)16-15-26(20,2)25(22)13-14-27(23,24)3;1-16(9-12-24(4,34)26(28,29)30)19-7-8-20-18-6-5-17-15-25(35,27(31,32)33)14-13-22(17,2)21(18)10-11-23(19,20)3;1-8-3-5-9(6-4-8)19(16,17)18-7-10(2,15)11(12,13)14;/h5-10,20,23-27,40-41H,11-19H2,1-4H3;4-9,19,22-25,33H,10-18H2,1-3H3;5,16,18-21,34-35H,6-15H2,1-4H3;3-6,15H,7H2,1-2H3;1H4/t20-,23-,24+,25-,26-,27?,28-,29+,30-,31-;19-,22+,23-,24+,25+,26+,27-,28+;16-,18+,19-,20+,21+,22+,23-,24+,25+;10-;/m0110./s1. The molecular weight excluding hydrogens is 1860 g/mol. The normalized spacial score (nSPS) is 37.6. The highest BCUT2D eigenvalue weighted by molar-refractivity contribution is 7.92. The largest absolute Gasteiger partial charge is 0.419 e. The van der Waals surface area contributed by atoms with Crippen LogP contribution in [0.5, 0.6) is 0 Å². The molecule has 3 aromatic carbocycles. The zero-order valence-electron chi connectivity index (χ0n) is 78.6. The van der Waals surface area contributed by atoms with E-state index in [1.54, 1.807) is 44.2 Å². The third-order valence-corrected chi connectivity index (χ3v) is 42.8. The van der Waals surface area contributed by atoms with E-state index < -0.39 is 136 Å². The van der Waals surface area contributed by atoms with Crippen molar-refractivity contribution in [1.29, 1.82) is 0 Å². The number of aryl methyl sites for hydroxylation is 1. The van der Waals surface area contributed by atoms with E-state index in [1.807, 2.05) is 38.1 Å². The van der Waals surface area contributed by atoms with E-state index in [1.165, 1.54) is 48.5 Å². The highest BCUT2D eigenvalue weighted by atomic mass is 32.2. The van der Waals surface area contributed by atoms with Gasteiger partial charge in [-0.2, -0.15) is 87.4 Å². The molecule has 135 heavy (non-hydrogen) atoms. The lowest BCUT2D eigenvalue weighted by Gasteiger charge is -2.59. The Morgan fingerprint density at radius 2 is 0.733 bits per heavy atom. The lowest BCUT2D eigenvalue weighted by molar-refractivity contribution is -0.271. The van der Waals surface area contributed by atoms with E-state index in [9.17, 15) is 130 Å². The van der Waals surface area contributed by atoms with Gasteiger partial charge in [-0.1, -0.05) is 159 Å². The van der Waals surface area contributed by atoms with E-state index in [4.69, 9.17) is 5.11 Å². The first-order valence-corrected chi connectivity index (χ1v) is 52.1. The third kappa shape index (κ3) is 20.6. The Bertz CT molecular complexity index is 5110. The molecule has 0 amide bonds. The first-order chi connectivity index (χ1) is 61.1. The Balaban J connectivity index is 0.000000178. The molecule has 0 saturated heterocycles. The quantitative estimate of drug-likeness (QED) is 0.0396. The number of allylic oxidation sites excluding steroid dienone is 3. The van der Waals surface area contributed by atoms with Gasteiger partial charge in [-0.15, -0.1) is 0 Å². The second-order valence-corrected chi connectivity index (χ2v) is 50.8. The van der Waals surface area contributed by atoms with Crippen molar-refractivity contribution in [3.63, 3.8) is 0 Å². The summed E-state index contributed by atoms with van der Waals surface area (Å²) in [5.74, 6) is 2.56. The lowest BCUT2D eigenvalue weighted by atomic mass is 9.46. The number of aliphatic hydroxyl groups is 6. The summed E-state index contributed by atoms with van der Waals surface area (Å²) in [7, 11) is -11.9. The maximum Gasteiger partial charge on any atom is 0.419 e.